The van der Waals surface area contributed by atoms with Gasteiger partial charge in [-0.3, -0.25) is 9.59 Å². The van der Waals surface area contributed by atoms with Crippen LogP contribution in [0.3, 0.4) is 0 Å². The van der Waals surface area contributed by atoms with Crippen LogP contribution in [0.5, 0.6) is 0 Å². The number of likely N-dealkylation sites (tertiary alicyclic amines) is 1. The number of carbonyl (C=O) groups is 2. The second kappa shape index (κ2) is 5.69. The van der Waals surface area contributed by atoms with Crippen LogP contribution in [-0.4, -0.2) is 39.5 Å². The van der Waals surface area contributed by atoms with Crippen molar-refractivity contribution in [1.82, 2.24) is 9.88 Å². The lowest BCUT2D eigenvalue weighted by Crippen LogP contribution is -2.46. The van der Waals surface area contributed by atoms with Crippen molar-refractivity contribution in [3.63, 3.8) is 0 Å². The van der Waals surface area contributed by atoms with Gasteiger partial charge in [0.25, 0.3) is 5.91 Å². The van der Waals surface area contributed by atoms with Gasteiger partial charge < -0.3 is 10.0 Å². The Morgan fingerprint density at radius 3 is 2.84 bits per heavy atom. The largest absolute Gasteiger partial charge is 0.481 e. The summed E-state index contributed by atoms with van der Waals surface area (Å²) in [7, 11) is 0. The first-order valence-corrected chi connectivity index (χ1v) is 6.94. The molecule has 1 N–H and O–H groups in total. The molecule has 19 heavy (non-hydrogen) atoms. The van der Waals surface area contributed by atoms with Gasteiger partial charge in [-0.15, -0.1) is 0 Å². The van der Waals surface area contributed by atoms with E-state index in [2.05, 4.69) is 20.9 Å². The molecule has 2 heterocycles. The molecule has 1 fully saturated rings. The number of carboxylic acids is 1. The topological polar surface area (TPSA) is 70.5 Å². The zero-order valence-electron chi connectivity index (χ0n) is 10.5. The summed E-state index contributed by atoms with van der Waals surface area (Å²) in [5, 5.41) is 9.02. The molecule has 1 aromatic heterocycles. The zero-order chi connectivity index (χ0) is 14.0. The van der Waals surface area contributed by atoms with E-state index in [1.807, 2.05) is 6.92 Å². The fraction of sp³-hybridized carbons (Fsp3) is 0.462. The van der Waals surface area contributed by atoms with E-state index < -0.39 is 5.97 Å². The summed E-state index contributed by atoms with van der Waals surface area (Å²) in [6.45, 7) is 2.36. The van der Waals surface area contributed by atoms with Gasteiger partial charge in [0.05, 0.1) is 11.5 Å². The van der Waals surface area contributed by atoms with E-state index in [0.717, 1.165) is 0 Å². The van der Waals surface area contributed by atoms with Gasteiger partial charge in [0.2, 0.25) is 0 Å². The molecule has 1 aliphatic rings. The Morgan fingerprint density at radius 1 is 1.53 bits per heavy atom. The molecule has 0 aliphatic carbocycles. The number of amides is 1. The number of nitrogens with zero attached hydrogens (tertiary/aromatic N) is 2. The van der Waals surface area contributed by atoms with E-state index in [1.54, 1.807) is 23.2 Å². The van der Waals surface area contributed by atoms with E-state index >= 15 is 0 Å². The standard InChI is InChI=1S/C13H15BrN2O3/c1-8-7-9(13(18)19)4-6-16(8)12(17)10-3-2-5-15-11(10)14/h2-3,5,8-9H,4,6-7H2,1H3,(H,18,19). The van der Waals surface area contributed by atoms with Crippen LogP contribution >= 0.6 is 15.9 Å². The fourth-order valence-electron chi connectivity index (χ4n) is 2.40. The molecule has 5 nitrogen and oxygen atoms in total. The Kier molecular flexibility index (Phi) is 4.19. The normalized spacial score (nSPS) is 23.2. The van der Waals surface area contributed by atoms with E-state index in [1.165, 1.54) is 0 Å². The number of piperidine rings is 1. The van der Waals surface area contributed by atoms with Crippen LogP contribution in [0.1, 0.15) is 30.1 Å². The lowest BCUT2D eigenvalue weighted by molar-refractivity contribution is -0.143. The first kappa shape index (κ1) is 14.0. The summed E-state index contributed by atoms with van der Waals surface area (Å²) in [5.74, 6) is -1.23. The van der Waals surface area contributed by atoms with Crippen LogP contribution in [0.4, 0.5) is 0 Å². The monoisotopic (exact) mass is 326 g/mol. The van der Waals surface area contributed by atoms with Gasteiger partial charge in [-0.25, -0.2) is 4.98 Å². The molecule has 6 heteroatoms. The molecule has 102 valence electrons. The number of hydrogen-bond acceptors (Lipinski definition) is 3. The number of aliphatic carboxylic acids is 1. The minimum atomic E-state index is -0.776. The molecular weight excluding hydrogens is 312 g/mol. The highest BCUT2D eigenvalue weighted by Gasteiger charge is 2.33. The Hall–Kier alpha value is -1.43. The average molecular weight is 327 g/mol. The van der Waals surface area contributed by atoms with Crippen molar-refractivity contribution in [2.45, 2.75) is 25.8 Å². The summed E-state index contributed by atoms with van der Waals surface area (Å²) >= 11 is 3.27. The number of aromatic nitrogens is 1. The van der Waals surface area contributed by atoms with Crippen LogP contribution in [0.2, 0.25) is 0 Å². The van der Waals surface area contributed by atoms with Gasteiger partial charge >= 0.3 is 5.97 Å². The maximum atomic E-state index is 12.4. The first-order chi connectivity index (χ1) is 9.00. The van der Waals surface area contributed by atoms with Gasteiger partial charge in [-0.2, -0.15) is 0 Å². The molecule has 1 aromatic rings. The molecule has 0 saturated carbocycles. The fourth-order valence-corrected chi connectivity index (χ4v) is 2.82. The van der Waals surface area contributed by atoms with Crippen LogP contribution in [0, 0.1) is 5.92 Å². The second-order valence-corrected chi connectivity index (χ2v) is 5.50. The molecular formula is C13H15BrN2O3. The molecule has 1 amide bonds. The second-order valence-electron chi connectivity index (χ2n) is 4.75. The summed E-state index contributed by atoms with van der Waals surface area (Å²) in [4.78, 5) is 29.2. The minimum Gasteiger partial charge on any atom is -0.481 e. The summed E-state index contributed by atoms with van der Waals surface area (Å²) in [5.41, 5.74) is 0.517. The number of carboxylic acid groups (broad SMARTS) is 1. The van der Waals surface area contributed by atoms with E-state index in [-0.39, 0.29) is 17.9 Å². The van der Waals surface area contributed by atoms with Crippen molar-refractivity contribution >= 4 is 27.8 Å². The molecule has 0 spiro atoms. The third-order valence-electron chi connectivity index (χ3n) is 3.48. The number of pyridine rings is 1. The van der Waals surface area contributed by atoms with Crippen LogP contribution in [0.25, 0.3) is 0 Å². The Bertz CT molecular complexity index is 506. The minimum absolute atomic E-state index is 0.0746. The van der Waals surface area contributed by atoms with Crippen molar-refractivity contribution in [2.75, 3.05) is 6.54 Å². The maximum Gasteiger partial charge on any atom is 0.306 e. The van der Waals surface area contributed by atoms with Gasteiger partial charge in [0.1, 0.15) is 4.60 Å². The van der Waals surface area contributed by atoms with Crippen molar-refractivity contribution in [1.29, 1.82) is 0 Å². The predicted molar refractivity (Wildman–Crippen MR) is 72.8 cm³/mol. The van der Waals surface area contributed by atoms with Crippen LogP contribution in [0.15, 0.2) is 22.9 Å². The van der Waals surface area contributed by atoms with E-state index in [4.69, 9.17) is 5.11 Å². The highest BCUT2D eigenvalue weighted by Crippen LogP contribution is 2.26. The smallest absolute Gasteiger partial charge is 0.306 e. The highest BCUT2D eigenvalue weighted by molar-refractivity contribution is 9.10. The van der Waals surface area contributed by atoms with Crippen molar-refractivity contribution < 1.29 is 14.7 Å². The summed E-state index contributed by atoms with van der Waals surface area (Å²) in [6, 6.07) is 3.36. The molecule has 0 radical (unpaired) electrons. The number of rotatable bonds is 2. The van der Waals surface area contributed by atoms with E-state index in [0.29, 0.717) is 29.6 Å². The summed E-state index contributed by atoms with van der Waals surface area (Å²) in [6.07, 6.45) is 2.61. The third-order valence-corrected chi connectivity index (χ3v) is 4.11. The van der Waals surface area contributed by atoms with Crippen molar-refractivity contribution in [3.05, 3.63) is 28.5 Å². The lowest BCUT2D eigenvalue weighted by atomic mass is 9.91. The lowest BCUT2D eigenvalue weighted by Gasteiger charge is -2.36. The Labute approximate surface area is 119 Å². The van der Waals surface area contributed by atoms with Gasteiger partial charge in [-0.1, -0.05) is 0 Å². The van der Waals surface area contributed by atoms with Crippen LogP contribution in [-0.2, 0) is 4.79 Å². The van der Waals surface area contributed by atoms with Gasteiger partial charge in [0.15, 0.2) is 0 Å². The SMILES string of the molecule is CC1CC(C(=O)O)CCN1C(=O)c1cccnc1Br. The maximum absolute atomic E-state index is 12.4. The van der Waals surface area contributed by atoms with Crippen molar-refractivity contribution in [2.24, 2.45) is 5.92 Å². The molecule has 0 bridgehead atoms. The molecule has 1 aliphatic heterocycles. The number of hydrogen-bond donors (Lipinski definition) is 1. The highest BCUT2D eigenvalue weighted by atomic mass is 79.9. The third kappa shape index (κ3) is 2.94. The first-order valence-electron chi connectivity index (χ1n) is 6.15. The van der Waals surface area contributed by atoms with E-state index in [9.17, 15) is 9.59 Å². The molecule has 2 unspecified atom stereocenters. The zero-order valence-corrected chi connectivity index (χ0v) is 12.1. The van der Waals surface area contributed by atoms with Crippen molar-refractivity contribution in [3.8, 4) is 0 Å². The molecule has 1 saturated heterocycles. The van der Waals surface area contributed by atoms with Crippen LogP contribution < -0.4 is 0 Å². The molecule has 2 atom stereocenters. The summed E-state index contributed by atoms with van der Waals surface area (Å²) < 4.78 is 0.521. The van der Waals surface area contributed by atoms with Gasteiger partial charge in [0, 0.05) is 18.8 Å². The Morgan fingerprint density at radius 2 is 2.26 bits per heavy atom. The number of carbonyl (C=O) groups excluding carboxylic acids is 1. The average Bonchev–Trinajstić information content (AvgIpc) is 2.38. The van der Waals surface area contributed by atoms with Gasteiger partial charge in [-0.05, 0) is 47.8 Å². The number of halogens is 1. The predicted octanol–water partition coefficient (Wildman–Crippen LogP) is 2.17. The Balaban J connectivity index is 2.13. The molecule has 0 aromatic carbocycles. The quantitative estimate of drug-likeness (QED) is 0.845. The molecule has 2 rings (SSSR count).